The molecule has 0 unspecified atom stereocenters. The third kappa shape index (κ3) is 8.52. The van der Waals surface area contributed by atoms with Crippen molar-refractivity contribution >= 4 is 27.6 Å². The number of sulfonamides is 1. The Bertz CT molecular complexity index is 1190. The Morgan fingerprint density at radius 1 is 1.06 bits per heavy atom. The van der Waals surface area contributed by atoms with Gasteiger partial charge in [-0.3, -0.25) is 14.4 Å². The summed E-state index contributed by atoms with van der Waals surface area (Å²) in [5.74, 6) is -2.25. The van der Waals surface area contributed by atoms with E-state index in [0.717, 1.165) is 22.3 Å². The molecule has 1 heterocycles. The lowest BCUT2D eigenvalue weighted by molar-refractivity contribution is -0.137. The Labute approximate surface area is 212 Å². The highest BCUT2D eigenvalue weighted by Crippen LogP contribution is 2.14. The molecule has 1 aromatic carbocycles. The normalized spacial score (nSPS) is 13.5. The summed E-state index contributed by atoms with van der Waals surface area (Å²) in [6.07, 6.45) is 1.33. The van der Waals surface area contributed by atoms with Gasteiger partial charge in [-0.05, 0) is 24.3 Å². The number of carbonyl (C=O) groups excluding carboxylic acids is 3. The number of amides is 2. The molecule has 0 bridgehead atoms. The molecule has 198 valence electrons. The van der Waals surface area contributed by atoms with E-state index in [1.165, 1.54) is 7.05 Å². The summed E-state index contributed by atoms with van der Waals surface area (Å²) in [6, 6.07) is 5.81. The lowest BCUT2D eigenvalue weighted by Crippen LogP contribution is -2.53. The Balaban J connectivity index is 2.06. The molecule has 11 nitrogen and oxygen atoms in total. The number of rotatable bonds is 12. The number of benzene rings is 1. The molecule has 2 aromatic rings. The Kier molecular flexibility index (Phi) is 9.88. The Morgan fingerprint density at radius 3 is 2.25 bits per heavy atom. The van der Waals surface area contributed by atoms with E-state index in [-0.39, 0.29) is 30.2 Å². The summed E-state index contributed by atoms with van der Waals surface area (Å²) >= 11 is 0. The van der Waals surface area contributed by atoms with Gasteiger partial charge in [-0.2, -0.15) is 0 Å². The summed E-state index contributed by atoms with van der Waals surface area (Å²) in [4.78, 5) is 39.6. The summed E-state index contributed by atoms with van der Waals surface area (Å²) < 4.78 is 31.1. The molecule has 36 heavy (non-hydrogen) atoms. The first-order valence-corrected chi connectivity index (χ1v) is 13.5. The number of likely N-dealkylation sites (N-methyl/N-ethyl adjacent to an activating group) is 1. The fourth-order valence-electron chi connectivity index (χ4n) is 3.54. The number of hydrogen-bond donors (Lipinski definition) is 2. The number of aryl methyl sites for hydroxylation is 1. The van der Waals surface area contributed by atoms with Gasteiger partial charge in [0.2, 0.25) is 33.5 Å². The van der Waals surface area contributed by atoms with Crippen molar-refractivity contribution in [3.63, 3.8) is 0 Å². The molecule has 2 N–H and O–H groups in total. The number of nitrogens with zero attached hydrogens (tertiary/aromatic N) is 3. The zero-order valence-corrected chi connectivity index (χ0v) is 22.5. The van der Waals surface area contributed by atoms with Crippen LogP contribution in [0.25, 0.3) is 0 Å². The fourth-order valence-corrected chi connectivity index (χ4v) is 4.38. The van der Waals surface area contributed by atoms with Crippen LogP contribution in [-0.4, -0.2) is 73.0 Å². The van der Waals surface area contributed by atoms with Crippen molar-refractivity contribution in [3.8, 4) is 0 Å². The van der Waals surface area contributed by atoms with Gasteiger partial charge in [-0.1, -0.05) is 57.5 Å². The molecule has 0 saturated heterocycles. The SMILES string of the molecule is Cc1cccc(Cc2nnc(C(=O)[C@@H](NC(=O)CN(C)C(=O)[C@@H](NS(C)(=O)=O)C(C)C)C(C)C)o2)c1. The summed E-state index contributed by atoms with van der Waals surface area (Å²) in [7, 11) is -2.24. The quantitative estimate of drug-likeness (QED) is 0.397. The third-order valence-electron chi connectivity index (χ3n) is 5.41. The molecule has 0 radical (unpaired) electrons. The van der Waals surface area contributed by atoms with E-state index in [2.05, 4.69) is 20.2 Å². The molecule has 2 amide bonds. The number of ketones is 1. The molecule has 12 heteroatoms. The van der Waals surface area contributed by atoms with Crippen molar-refractivity contribution in [1.82, 2.24) is 25.1 Å². The van der Waals surface area contributed by atoms with Crippen LogP contribution in [-0.2, 0) is 26.0 Å². The molecule has 0 fully saturated rings. The predicted molar refractivity (Wildman–Crippen MR) is 134 cm³/mol. The van der Waals surface area contributed by atoms with E-state index in [1.807, 2.05) is 31.2 Å². The second-order valence-electron chi connectivity index (χ2n) is 9.63. The minimum atomic E-state index is -3.63. The number of hydrogen-bond acceptors (Lipinski definition) is 8. The first-order chi connectivity index (χ1) is 16.7. The highest BCUT2D eigenvalue weighted by Gasteiger charge is 2.32. The van der Waals surface area contributed by atoms with Crippen LogP contribution in [0.3, 0.4) is 0 Å². The molecule has 0 saturated carbocycles. The summed E-state index contributed by atoms with van der Waals surface area (Å²) in [6.45, 7) is 8.50. The number of aromatic nitrogens is 2. The van der Waals surface area contributed by atoms with Crippen LogP contribution in [0.15, 0.2) is 28.7 Å². The maximum Gasteiger partial charge on any atom is 0.286 e. The van der Waals surface area contributed by atoms with Crippen LogP contribution in [0.4, 0.5) is 0 Å². The van der Waals surface area contributed by atoms with Crippen LogP contribution < -0.4 is 10.0 Å². The molecule has 2 rings (SSSR count). The van der Waals surface area contributed by atoms with E-state index in [1.54, 1.807) is 27.7 Å². The highest BCUT2D eigenvalue weighted by molar-refractivity contribution is 7.88. The van der Waals surface area contributed by atoms with Crippen LogP contribution >= 0.6 is 0 Å². The molecule has 2 atom stereocenters. The highest BCUT2D eigenvalue weighted by atomic mass is 32.2. The lowest BCUT2D eigenvalue weighted by Gasteiger charge is -2.27. The minimum absolute atomic E-state index is 0.210. The van der Waals surface area contributed by atoms with Crippen molar-refractivity contribution in [1.29, 1.82) is 0 Å². The van der Waals surface area contributed by atoms with E-state index >= 15 is 0 Å². The standard InChI is InChI=1S/C24H35N5O6S/c1-14(2)20(22(31)23-27-26-19(35-23)12-17-10-8-9-16(5)11-17)25-18(30)13-29(6)24(32)21(15(3)4)28-36(7,33)34/h8-11,14-15,20-21,28H,12-13H2,1-7H3,(H,25,30)/t20-,21-/m0/s1. The van der Waals surface area contributed by atoms with Gasteiger partial charge in [-0.15, -0.1) is 10.2 Å². The number of nitrogens with one attached hydrogen (secondary N) is 2. The van der Waals surface area contributed by atoms with E-state index in [9.17, 15) is 22.8 Å². The Hall–Kier alpha value is -3.12. The fraction of sp³-hybridized carbons (Fsp3) is 0.542. The van der Waals surface area contributed by atoms with Gasteiger partial charge in [0.05, 0.1) is 25.3 Å². The average molecular weight is 522 g/mol. The Morgan fingerprint density at radius 2 is 1.69 bits per heavy atom. The monoisotopic (exact) mass is 521 g/mol. The molecule has 0 spiro atoms. The average Bonchev–Trinajstić information content (AvgIpc) is 3.22. The van der Waals surface area contributed by atoms with Crippen molar-refractivity contribution in [3.05, 3.63) is 47.2 Å². The maximum atomic E-state index is 13.0. The zero-order valence-electron chi connectivity index (χ0n) is 21.7. The van der Waals surface area contributed by atoms with Crippen molar-refractivity contribution in [2.45, 2.75) is 53.1 Å². The molecule has 0 aliphatic carbocycles. The van der Waals surface area contributed by atoms with Gasteiger partial charge in [-0.25, -0.2) is 13.1 Å². The maximum absolute atomic E-state index is 13.0. The second kappa shape index (κ2) is 12.2. The first-order valence-electron chi connectivity index (χ1n) is 11.6. The van der Waals surface area contributed by atoms with Crippen LogP contribution in [0.2, 0.25) is 0 Å². The van der Waals surface area contributed by atoms with Crippen LogP contribution in [0, 0.1) is 18.8 Å². The van der Waals surface area contributed by atoms with E-state index < -0.39 is 39.7 Å². The molecular weight excluding hydrogens is 486 g/mol. The van der Waals surface area contributed by atoms with E-state index in [0.29, 0.717) is 6.42 Å². The van der Waals surface area contributed by atoms with Crippen LogP contribution in [0.1, 0.15) is 55.4 Å². The lowest BCUT2D eigenvalue weighted by atomic mass is 9.99. The predicted octanol–water partition coefficient (Wildman–Crippen LogP) is 1.32. The number of Topliss-reactive ketones (excluding diaryl/α,β-unsaturated/α-hetero) is 1. The van der Waals surface area contributed by atoms with Gasteiger partial charge in [0.1, 0.15) is 6.04 Å². The van der Waals surface area contributed by atoms with Crippen molar-refractivity contribution in [2.75, 3.05) is 19.8 Å². The van der Waals surface area contributed by atoms with Gasteiger partial charge in [0.25, 0.3) is 5.89 Å². The third-order valence-corrected chi connectivity index (χ3v) is 6.09. The summed E-state index contributed by atoms with van der Waals surface area (Å²) in [5.41, 5.74) is 2.05. The second-order valence-corrected chi connectivity index (χ2v) is 11.4. The summed E-state index contributed by atoms with van der Waals surface area (Å²) in [5, 5.41) is 10.5. The minimum Gasteiger partial charge on any atom is -0.418 e. The van der Waals surface area contributed by atoms with Crippen LogP contribution in [0.5, 0.6) is 0 Å². The topological polar surface area (TPSA) is 152 Å². The van der Waals surface area contributed by atoms with Gasteiger partial charge >= 0.3 is 0 Å². The van der Waals surface area contributed by atoms with Gasteiger partial charge in [0.15, 0.2) is 0 Å². The van der Waals surface area contributed by atoms with Gasteiger partial charge in [0, 0.05) is 7.05 Å². The number of carbonyl (C=O) groups is 3. The largest absolute Gasteiger partial charge is 0.418 e. The van der Waals surface area contributed by atoms with Crippen molar-refractivity contribution in [2.24, 2.45) is 11.8 Å². The zero-order chi connectivity index (χ0) is 27.2. The van der Waals surface area contributed by atoms with Gasteiger partial charge < -0.3 is 14.6 Å². The smallest absolute Gasteiger partial charge is 0.286 e. The molecule has 0 aliphatic heterocycles. The van der Waals surface area contributed by atoms with Crippen molar-refractivity contribution < 1.29 is 27.2 Å². The molecular formula is C24H35N5O6S. The molecule has 0 aliphatic rings. The molecule has 1 aromatic heterocycles. The van der Waals surface area contributed by atoms with E-state index in [4.69, 9.17) is 4.42 Å². The first kappa shape index (κ1) is 29.1.